The molecule has 1 saturated heterocycles. The Morgan fingerprint density at radius 3 is 2.92 bits per heavy atom. The van der Waals surface area contributed by atoms with Gasteiger partial charge in [0.05, 0.1) is 23.6 Å². The number of pyridine rings is 2. The second kappa shape index (κ2) is 12.0. The largest absolute Gasteiger partial charge is 0.471 e. The number of allylic oxidation sites excluding steroid dienone is 2. The second-order valence-corrected chi connectivity index (χ2v) is 9.61. The summed E-state index contributed by atoms with van der Waals surface area (Å²) < 4.78 is 10.9. The molecule has 2 aromatic rings. The Hall–Kier alpha value is -4.76. The van der Waals surface area contributed by atoms with Crippen LogP contribution in [-0.2, 0) is 27.2 Å². The Morgan fingerprint density at radius 1 is 1.30 bits per heavy atom. The van der Waals surface area contributed by atoms with Gasteiger partial charge >= 0.3 is 6.03 Å². The maximum absolute atomic E-state index is 13.4. The number of hydrogen-bond acceptors (Lipinski definition) is 10. The molecule has 1 fully saturated rings. The molecule has 0 unspecified atom stereocenters. The fourth-order valence-corrected chi connectivity index (χ4v) is 5.11. The number of nitriles is 1. The molecule has 0 aliphatic carbocycles. The molecule has 12 nitrogen and oxygen atoms in total. The Balaban J connectivity index is 1.37. The first kappa shape index (κ1) is 26.8. The summed E-state index contributed by atoms with van der Waals surface area (Å²) in [5, 5.41) is 12.4. The lowest BCUT2D eigenvalue weighted by Gasteiger charge is -2.30. The molecule has 0 aromatic carbocycles. The highest BCUT2D eigenvalue weighted by molar-refractivity contribution is 6.02. The molecule has 2 atom stereocenters. The van der Waals surface area contributed by atoms with Crippen LogP contribution in [0.2, 0.25) is 0 Å². The van der Waals surface area contributed by atoms with E-state index in [9.17, 15) is 19.6 Å². The van der Waals surface area contributed by atoms with Gasteiger partial charge in [-0.15, -0.1) is 0 Å². The second-order valence-electron chi connectivity index (χ2n) is 9.61. The standard InChI is InChI=1S/C28H29N7O5/c1-39-22-6-9-33(16-22)24-12-25(30-14-21(24)13-29)32-28(38)35-8-4-5-19-11-20(23(17-36)31-27(19)35)15-34-7-2-3-10-40-26(34)18-37/h2-3,7,10-12,14,17-18,22,26H,4-6,8-9,15-16H2,1H3,(H,30,32,38)/t22-,26-/m0/s1. The fraction of sp³-hybridized carbons (Fsp3) is 0.357. The quantitative estimate of drug-likeness (QED) is 0.518. The molecule has 40 heavy (non-hydrogen) atoms. The number of carbonyl (C=O) groups is 3. The maximum atomic E-state index is 13.4. The van der Waals surface area contributed by atoms with Crippen molar-refractivity contribution in [1.82, 2.24) is 14.9 Å². The number of carbonyl (C=O) groups excluding carboxylic acids is 3. The van der Waals surface area contributed by atoms with E-state index in [0.29, 0.717) is 67.0 Å². The zero-order valence-corrected chi connectivity index (χ0v) is 22.0. The highest BCUT2D eigenvalue weighted by Crippen LogP contribution is 2.30. The Morgan fingerprint density at radius 2 is 2.17 bits per heavy atom. The Bertz CT molecular complexity index is 1400. The van der Waals surface area contributed by atoms with Crippen molar-refractivity contribution in [2.45, 2.75) is 38.1 Å². The number of aryl methyl sites for hydroxylation is 1. The van der Waals surface area contributed by atoms with Crippen LogP contribution in [0.4, 0.5) is 22.1 Å². The highest BCUT2D eigenvalue weighted by Gasteiger charge is 2.29. The number of aromatic nitrogens is 2. The molecule has 206 valence electrons. The first-order valence-corrected chi connectivity index (χ1v) is 13.0. The number of hydrogen-bond donors (Lipinski definition) is 1. The number of fused-ring (bicyclic) bond motifs is 1. The number of ether oxygens (including phenoxy) is 2. The first-order chi connectivity index (χ1) is 19.5. The number of anilines is 3. The van der Waals surface area contributed by atoms with Gasteiger partial charge in [-0.1, -0.05) is 0 Å². The van der Waals surface area contributed by atoms with Crippen molar-refractivity contribution in [2.24, 2.45) is 0 Å². The fourth-order valence-electron chi connectivity index (χ4n) is 5.11. The summed E-state index contributed by atoms with van der Waals surface area (Å²) in [6, 6.07) is 5.29. The van der Waals surface area contributed by atoms with E-state index in [0.717, 1.165) is 18.5 Å². The lowest BCUT2D eigenvalue weighted by molar-refractivity contribution is -0.122. The molecule has 2 aromatic heterocycles. The number of amides is 2. The van der Waals surface area contributed by atoms with Crippen molar-refractivity contribution in [3.05, 3.63) is 65.3 Å². The van der Waals surface area contributed by atoms with Gasteiger partial charge < -0.3 is 19.3 Å². The Labute approximate surface area is 231 Å². The lowest BCUT2D eigenvalue weighted by atomic mass is 10.0. The summed E-state index contributed by atoms with van der Waals surface area (Å²) in [7, 11) is 1.67. The minimum Gasteiger partial charge on any atom is -0.471 e. The summed E-state index contributed by atoms with van der Waals surface area (Å²) in [4.78, 5) is 51.0. The van der Waals surface area contributed by atoms with E-state index >= 15 is 0 Å². The van der Waals surface area contributed by atoms with Gasteiger partial charge in [0.15, 0.2) is 12.6 Å². The minimum absolute atomic E-state index is 0.0782. The molecular formula is C28H29N7O5. The molecule has 0 spiro atoms. The molecule has 2 amide bonds. The van der Waals surface area contributed by atoms with E-state index in [4.69, 9.17) is 9.47 Å². The van der Waals surface area contributed by atoms with Gasteiger partial charge in [0.1, 0.15) is 23.4 Å². The number of rotatable bonds is 7. The van der Waals surface area contributed by atoms with Crippen molar-refractivity contribution in [3.63, 3.8) is 0 Å². The van der Waals surface area contributed by atoms with Crippen LogP contribution in [0.25, 0.3) is 0 Å². The summed E-state index contributed by atoms with van der Waals surface area (Å²) in [5.41, 5.74) is 2.72. The van der Waals surface area contributed by atoms with Gasteiger partial charge in [-0.25, -0.2) is 14.8 Å². The van der Waals surface area contributed by atoms with Crippen molar-refractivity contribution >= 4 is 35.9 Å². The molecule has 12 heteroatoms. The van der Waals surface area contributed by atoms with Gasteiger partial charge in [-0.05, 0) is 43.0 Å². The van der Waals surface area contributed by atoms with Gasteiger partial charge in [0.2, 0.25) is 6.23 Å². The zero-order valence-electron chi connectivity index (χ0n) is 22.0. The van der Waals surface area contributed by atoms with Gasteiger partial charge in [0.25, 0.3) is 0 Å². The van der Waals surface area contributed by atoms with Crippen LogP contribution in [0.1, 0.15) is 40.0 Å². The maximum Gasteiger partial charge on any atom is 0.328 e. The van der Waals surface area contributed by atoms with Crippen LogP contribution in [-0.4, -0.2) is 72.5 Å². The van der Waals surface area contributed by atoms with Crippen molar-refractivity contribution < 1.29 is 23.9 Å². The topological polar surface area (TPSA) is 141 Å². The zero-order chi connectivity index (χ0) is 28.1. The van der Waals surface area contributed by atoms with E-state index in [2.05, 4.69) is 26.3 Å². The summed E-state index contributed by atoms with van der Waals surface area (Å²) in [6.45, 7) is 2.01. The minimum atomic E-state index is -0.835. The van der Waals surface area contributed by atoms with Crippen LogP contribution in [0.5, 0.6) is 0 Å². The van der Waals surface area contributed by atoms with Crippen LogP contribution in [0, 0.1) is 11.3 Å². The predicted molar refractivity (Wildman–Crippen MR) is 146 cm³/mol. The summed E-state index contributed by atoms with van der Waals surface area (Å²) in [5.74, 6) is 0.711. The summed E-state index contributed by atoms with van der Waals surface area (Å²) >= 11 is 0. The highest BCUT2D eigenvalue weighted by atomic mass is 16.5. The number of nitrogens with one attached hydrogen (secondary N) is 1. The molecule has 3 aliphatic rings. The third-order valence-electron chi connectivity index (χ3n) is 7.17. The average Bonchev–Trinajstić information content (AvgIpc) is 3.36. The van der Waals surface area contributed by atoms with E-state index in [-0.39, 0.29) is 18.3 Å². The third-order valence-corrected chi connectivity index (χ3v) is 7.17. The van der Waals surface area contributed by atoms with E-state index in [1.165, 1.54) is 17.4 Å². The molecule has 0 saturated carbocycles. The number of nitrogens with zero attached hydrogens (tertiary/aromatic N) is 6. The lowest BCUT2D eigenvalue weighted by Crippen LogP contribution is -2.40. The molecule has 3 aliphatic heterocycles. The van der Waals surface area contributed by atoms with E-state index in [1.807, 2.05) is 6.07 Å². The molecule has 0 radical (unpaired) electrons. The number of methoxy groups -OCH3 is 1. The van der Waals surface area contributed by atoms with Crippen LogP contribution in [0.15, 0.2) is 42.9 Å². The van der Waals surface area contributed by atoms with Crippen molar-refractivity contribution in [2.75, 3.05) is 41.9 Å². The van der Waals surface area contributed by atoms with Crippen LogP contribution >= 0.6 is 0 Å². The van der Waals surface area contributed by atoms with Crippen LogP contribution in [0.3, 0.4) is 0 Å². The molecule has 1 N–H and O–H groups in total. The first-order valence-electron chi connectivity index (χ1n) is 13.0. The third kappa shape index (κ3) is 5.50. The van der Waals surface area contributed by atoms with Gasteiger partial charge in [0, 0.05) is 57.3 Å². The monoisotopic (exact) mass is 543 g/mol. The van der Waals surface area contributed by atoms with E-state index in [1.54, 1.807) is 36.4 Å². The number of urea groups is 1. The van der Waals surface area contributed by atoms with Crippen LogP contribution < -0.4 is 15.1 Å². The Kier molecular flexibility index (Phi) is 8.02. The normalized spacial score (nSPS) is 19.9. The molecular weight excluding hydrogens is 514 g/mol. The average molecular weight is 544 g/mol. The summed E-state index contributed by atoms with van der Waals surface area (Å²) in [6.07, 6.45) is 10.8. The SMILES string of the molecule is CO[C@H]1CCN(c2cc(NC(=O)N3CCCc4cc(CN5C=CC=CO[C@H]5C=O)c(C=O)nc43)ncc2C#N)C1. The number of aldehydes is 2. The van der Waals surface area contributed by atoms with Gasteiger partial charge in [-0.3, -0.25) is 19.8 Å². The van der Waals surface area contributed by atoms with Gasteiger partial charge in [-0.2, -0.15) is 5.26 Å². The van der Waals surface area contributed by atoms with E-state index < -0.39 is 12.3 Å². The molecule has 5 rings (SSSR count). The van der Waals surface area contributed by atoms with Crippen molar-refractivity contribution in [3.8, 4) is 6.07 Å². The van der Waals surface area contributed by atoms with Crippen molar-refractivity contribution in [1.29, 1.82) is 5.26 Å². The molecule has 5 heterocycles. The predicted octanol–water partition coefficient (Wildman–Crippen LogP) is 2.76. The molecule has 0 bridgehead atoms. The smallest absolute Gasteiger partial charge is 0.328 e.